The Morgan fingerprint density at radius 1 is 1.24 bits per heavy atom. The van der Waals surface area contributed by atoms with Gasteiger partial charge < -0.3 is 9.88 Å². The summed E-state index contributed by atoms with van der Waals surface area (Å²) in [4.78, 5) is 27.1. The molecular formula is C18H16N4O3. The van der Waals surface area contributed by atoms with Crippen molar-refractivity contribution in [3.05, 3.63) is 76.6 Å². The Morgan fingerprint density at radius 3 is 2.76 bits per heavy atom. The average molecular weight is 336 g/mol. The molecule has 1 heterocycles. The van der Waals surface area contributed by atoms with Gasteiger partial charge in [0.15, 0.2) is 0 Å². The van der Waals surface area contributed by atoms with Gasteiger partial charge in [0.05, 0.1) is 11.3 Å². The van der Waals surface area contributed by atoms with Crippen LogP contribution >= 0.6 is 0 Å². The predicted molar refractivity (Wildman–Crippen MR) is 94.1 cm³/mol. The number of nitro groups is 1. The molecule has 1 aromatic heterocycles. The van der Waals surface area contributed by atoms with Crippen molar-refractivity contribution >= 4 is 17.3 Å². The third-order valence-corrected chi connectivity index (χ3v) is 3.77. The summed E-state index contributed by atoms with van der Waals surface area (Å²) in [5.74, 6) is 0.473. The molecule has 3 rings (SSSR count). The summed E-state index contributed by atoms with van der Waals surface area (Å²) < 4.78 is 1.88. The first-order chi connectivity index (χ1) is 12.0. The standard InChI is InChI=1S/C18H16N4O3/c1-21-10-9-19-18(21)14-6-4-7-15(11-14)20-17(23)12-13-5-2-3-8-16(13)22(24)25/h2-11H,12H2,1H3,(H,20,23). The molecule has 0 atom stereocenters. The summed E-state index contributed by atoms with van der Waals surface area (Å²) in [6.07, 6.45) is 3.48. The summed E-state index contributed by atoms with van der Waals surface area (Å²) >= 11 is 0. The number of nitrogens with zero attached hydrogens (tertiary/aromatic N) is 3. The molecule has 126 valence electrons. The lowest BCUT2D eigenvalue weighted by Gasteiger charge is -2.08. The van der Waals surface area contributed by atoms with Crippen LogP contribution in [0.3, 0.4) is 0 Å². The van der Waals surface area contributed by atoms with Crippen LogP contribution in [-0.4, -0.2) is 20.4 Å². The van der Waals surface area contributed by atoms with Gasteiger partial charge in [-0.2, -0.15) is 0 Å². The smallest absolute Gasteiger partial charge is 0.273 e. The highest BCUT2D eigenvalue weighted by Crippen LogP contribution is 2.22. The molecule has 0 saturated carbocycles. The van der Waals surface area contributed by atoms with Gasteiger partial charge in [-0.3, -0.25) is 14.9 Å². The van der Waals surface area contributed by atoms with Crippen molar-refractivity contribution < 1.29 is 9.72 Å². The van der Waals surface area contributed by atoms with Gasteiger partial charge in [0, 0.05) is 42.3 Å². The van der Waals surface area contributed by atoms with Gasteiger partial charge in [-0.1, -0.05) is 30.3 Å². The first-order valence-electron chi connectivity index (χ1n) is 7.64. The van der Waals surface area contributed by atoms with Crippen LogP contribution in [0.5, 0.6) is 0 Å². The second-order valence-corrected chi connectivity index (χ2v) is 5.55. The van der Waals surface area contributed by atoms with Crippen molar-refractivity contribution in [3.63, 3.8) is 0 Å². The van der Waals surface area contributed by atoms with Crippen molar-refractivity contribution in [1.29, 1.82) is 0 Å². The first kappa shape index (κ1) is 16.4. The fourth-order valence-electron chi connectivity index (χ4n) is 2.60. The number of para-hydroxylation sites is 1. The lowest BCUT2D eigenvalue weighted by molar-refractivity contribution is -0.385. The minimum Gasteiger partial charge on any atom is -0.334 e. The maximum atomic E-state index is 12.3. The molecule has 0 saturated heterocycles. The van der Waals surface area contributed by atoms with Gasteiger partial charge in [0.25, 0.3) is 5.69 Å². The molecule has 0 aliphatic heterocycles. The fraction of sp³-hybridized carbons (Fsp3) is 0.111. The number of benzene rings is 2. The lowest BCUT2D eigenvalue weighted by Crippen LogP contribution is -2.15. The van der Waals surface area contributed by atoms with E-state index in [0.29, 0.717) is 11.3 Å². The summed E-state index contributed by atoms with van der Waals surface area (Å²) in [5.41, 5.74) is 1.81. The summed E-state index contributed by atoms with van der Waals surface area (Å²) in [6.45, 7) is 0. The Labute approximate surface area is 144 Å². The third-order valence-electron chi connectivity index (χ3n) is 3.77. The van der Waals surface area contributed by atoms with E-state index in [1.807, 2.05) is 36.0 Å². The zero-order valence-electron chi connectivity index (χ0n) is 13.5. The van der Waals surface area contributed by atoms with Crippen LogP contribution in [0.25, 0.3) is 11.4 Å². The van der Waals surface area contributed by atoms with Crippen LogP contribution in [0.15, 0.2) is 60.9 Å². The monoisotopic (exact) mass is 336 g/mol. The first-order valence-corrected chi connectivity index (χ1v) is 7.64. The molecule has 0 aliphatic carbocycles. The molecule has 1 amide bonds. The molecule has 1 N–H and O–H groups in total. The number of anilines is 1. The van der Waals surface area contributed by atoms with Crippen LogP contribution in [0.1, 0.15) is 5.56 Å². The van der Waals surface area contributed by atoms with E-state index in [-0.39, 0.29) is 18.0 Å². The van der Waals surface area contributed by atoms with E-state index in [2.05, 4.69) is 10.3 Å². The second kappa shape index (κ2) is 6.96. The molecule has 0 bridgehead atoms. The number of aromatic nitrogens is 2. The van der Waals surface area contributed by atoms with Gasteiger partial charge in [-0.05, 0) is 12.1 Å². The molecule has 3 aromatic rings. The number of aryl methyl sites for hydroxylation is 1. The minimum atomic E-state index is -0.482. The number of hydrogen-bond donors (Lipinski definition) is 1. The topological polar surface area (TPSA) is 90.1 Å². The van der Waals surface area contributed by atoms with Crippen molar-refractivity contribution in [2.75, 3.05) is 5.32 Å². The average Bonchev–Trinajstić information content (AvgIpc) is 3.01. The Balaban J connectivity index is 1.76. The van der Waals surface area contributed by atoms with Crippen LogP contribution in [0.2, 0.25) is 0 Å². The number of nitrogens with one attached hydrogen (secondary N) is 1. The van der Waals surface area contributed by atoms with Gasteiger partial charge in [-0.25, -0.2) is 4.98 Å². The Morgan fingerprint density at radius 2 is 2.04 bits per heavy atom. The highest BCUT2D eigenvalue weighted by Gasteiger charge is 2.15. The quantitative estimate of drug-likeness (QED) is 0.572. The van der Waals surface area contributed by atoms with Crippen LogP contribution in [0.4, 0.5) is 11.4 Å². The number of carbonyl (C=O) groups is 1. The van der Waals surface area contributed by atoms with E-state index in [1.54, 1.807) is 30.5 Å². The zero-order valence-corrected chi connectivity index (χ0v) is 13.5. The molecule has 2 aromatic carbocycles. The largest absolute Gasteiger partial charge is 0.334 e. The number of amides is 1. The molecule has 7 heteroatoms. The maximum absolute atomic E-state index is 12.3. The maximum Gasteiger partial charge on any atom is 0.273 e. The van der Waals surface area contributed by atoms with E-state index < -0.39 is 4.92 Å². The van der Waals surface area contributed by atoms with Crippen molar-refractivity contribution in [2.45, 2.75) is 6.42 Å². The number of nitro benzene ring substituents is 1. The number of imidazole rings is 1. The predicted octanol–water partition coefficient (Wildman–Crippen LogP) is 3.18. The SMILES string of the molecule is Cn1ccnc1-c1cccc(NC(=O)Cc2ccccc2[N+](=O)[O-])c1. The molecule has 0 fully saturated rings. The van der Waals surface area contributed by atoms with Gasteiger partial charge in [0.2, 0.25) is 5.91 Å². The third kappa shape index (κ3) is 3.72. The van der Waals surface area contributed by atoms with E-state index in [4.69, 9.17) is 0 Å². The highest BCUT2D eigenvalue weighted by atomic mass is 16.6. The van der Waals surface area contributed by atoms with E-state index >= 15 is 0 Å². The van der Waals surface area contributed by atoms with Gasteiger partial charge in [0.1, 0.15) is 5.82 Å². The minimum absolute atomic E-state index is 0.0561. The molecule has 0 spiro atoms. The highest BCUT2D eigenvalue weighted by molar-refractivity contribution is 5.93. The molecule has 25 heavy (non-hydrogen) atoms. The van der Waals surface area contributed by atoms with Crippen LogP contribution in [0, 0.1) is 10.1 Å². The molecular weight excluding hydrogens is 320 g/mol. The van der Waals surface area contributed by atoms with E-state index in [1.165, 1.54) is 6.07 Å². The Kier molecular flexibility index (Phi) is 4.56. The van der Waals surface area contributed by atoms with Gasteiger partial charge >= 0.3 is 0 Å². The van der Waals surface area contributed by atoms with Crippen LogP contribution < -0.4 is 5.32 Å². The molecule has 0 unspecified atom stereocenters. The summed E-state index contributed by atoms with van der Waals surface area (Å²) in [6, 6.07) is 13.5. The van der Waals surface area contributed by atoms with E-state index in [9.17, 15) is 14.9 Å². The molecule has 7 nitrogen and oxygen atoms in total. The van der Waals surface area contributed by atoms with E-state index in [0.717, 1.165) is 11.4 Å². The number of carbonyl (C=O) groups excluding carboxylic acids is 1. The number of hydrogen-bond acceptors (Lipinski definition) is 4. The Bertz CT molecular complexity index is 933. The van der Waals surface area contributed by atoms with Crippen LogP contribution in [-0.2, 0) is 18.3 Å². The van der Waals surface area contributed by atoms with Gasteiger partial charge in [-0.15, -0.1) is 0 Å². The summed E-state index contributed by atoms with van der Waals surface area (Å²) in [7, 11) is 1.89. The Hall–Kier alpha value is -3.48. The lowest BCUT2D eigenvalue weighted by atomic mass is 10.1. The van der Waals surface area contributed by atoms with Crippen molar-refractivity contribution in [2.24, 2.45) is 7.05 Å². The molecule has 0 aliphatic rings. The number of rotatable bonds is 5. The second-order valence-electron chi connectivity index (χ2n) is 5.55. The molecule has 0 radical (unpaired) electrons. The van der Waals surface area contributed by atoms with Crippen molar-refractivity contribution in [1.82, 2.24) is 9.55 Å². The van der Waals surface area contributed by atoms with Crippen molar-refractivity contribution in [3.8, 4) is 11.4 Å². The fourth-order valence-corrected chi connectivity index (χ4v) is 2.60. The summed E-state index contributed by atoms with van der Waals surface area (Å²) in [5, 5.41) is 13.8. The normalized spacial score (nSPS) is 10.4. The zero-order chi connectivity index (χ0) is 17.8.